The molecule has 2 fully saturated rings. The second-order valence-corrected chi connectivity index (χ2v) is 9.85. The lowest BCUT2D eigenvalue weighted by atomic mass is 9.88. The van der Waals surface area contributed by atoms with E-state index in [2.05, 4.69) is 9.48 Å². The van der Waals surface area contributed by atoms with Crippen LogP contribution in [0.3, 0.4) is 0 Å². The van der Waals surface area contributed by atoms with Crippen molar-refractivity contribution in [3.8, 4) is 22.5 Å². The molecule has 0 bridgehead atoms. The van der Waals surface area contributed by atoms with Gasteiger partial charge in [-0.1, -0.05) is 0 Å². The van der Waals surface area contributed by atoms with Gasteiger partial charge in [-0.15, -0.1) is 0 Å². The molecule has 37 heavy (non-hydrogen) atoms. The van der Waals surface area contributed by atoms with Crippen LogP contribution >= 0.6 is 0 Å². The van der Waals surface area contributed by atoms with Gasteiger partial charge in [-0.2, -0.15) is 0 Å². The fourth-order valence-electron chi connectivity index (χ4n) is 5.69. The summed E-state index contributed by atoms with van der Waals surface area (Å²) in [7, 11) is 0. The monoisotopic (exact) mass is 507 g/mol. The number of aromatic carboxylic acids is 1. The van der Waals surface area contributed by atoms with Gasteiger partial charge in [0.05, 0.1) is 6.07 Å². The summed E-state index contributed by atoms with van der Waals surface area (Å²) in [6, 6.07) is 11.0. The Balaban J connectivity index is 1.74. The lowest BCUT2D eigenvalue weighted by Crippen LogP contribution is -2.26. The predicted octanol–water partition coefficient (Wildman–Crippen LogP) is 5.79. The van der Waals surface area contributed by atoms with E-state index in [1.807, 2.05) is 24.3 Å². The maximum atomic E-state index is 15.7. The predicted molar refractivity (Wildman–Crippen MR) is 136 cm³/mol. The van der Waals surface area contributed by atoms with Gasteiger partial charge in [0, 0.05) is 71.4 Å². The van der Waals surface area contributed by atoms with Crippen LogP contribution in [-0.4, -0.2) is 37.3 Å². The third kappa shape index (κ3) is 3.77. The van der Waals surface area contributed by atoms with Crippen LogP contribution in [0.1, 0.15) is 41.6 Å². The Hall–Kier alpha value is -3.81. The smallest absolute Gasteiger partial charge is 0.339 e. The highest BCUT2D eigenvalue weighted by atomic mass is 19.2. The Morgan fingerprint density at radius 3 is 2.35 bits per heavy atom. The molecule has 4 aliphatic rings. The second kappa shape index (κ2) is 8.94. The van der Waals surface area contributed by atoms with Gasteiger partial charge in [0.25, 0.3) is 0 Å². The summed E-state index contributed by atoms with van der Waals surface area (Å²) < 4.78 is 53.8. The van der Waals surface area contributed by atoms with Crippen molar-refractivity contribution in [2.24, 2.45) is 0 Å². The summed E-state index contributed by atoms with van der Waals surface area (Å²) in [5.41, 5.74) is -0.106. The molecule has 3 aliphatic heterocycles. The highest BCUT2D eigenvalue weighted by Gasteiger charge is 2.32. The number of nitrogens with zero attached hydrogens (tertiary/aromatic N) is 2. The summed E-state index contributed by atoms with van der Waals surface area (Å²) in [5.74, 6) is -5.50. The first kappa shape index (κ1) is 23.6. The Bertz CT molecular complexity index is 1610. The third-order valence-corrected chi connectivity index (χ3v) is 7.64. The van der Waals surface area contributed by atoms with Crippen LogP contribution in [0.2, 0.25) is 0 Å². The molecule has 5 nitrogen and oxygen atoms in total. The van der Waals surface area contributed by atoms with E-state index in [9.17, 15) is 14.3 Å². The fraction of sp³-hybridized carbons (Fsp3) is 0.310. The van der Waals surface area contributed by atoms with E-state index in [1.54, 1.807) is 12.1 Å². The van der Waals surface area contributed by atoms with Crippen molar-refractivity contribution < 1.29 is 27.5 Å². The van der Waals surface area contributed by atoms with Crippen LogP contribution in [0.15, 0.2) is 40.8 Å². The van der Waals surface area contributed by atoms with Crippen molar-refractivity contribution in [2.45, 2.75) is 32.6 Å². The minimum Gasteiger partial charge on any atom is -0.478 e. The highest BCUT2D eigenvalue weighted by molar-refractivity contribution is 6.08. The molecule has 3 heterocycles. The Kier molecular flexibility index (Phi) is 5.70. The van der Waals surface area contributed by atoms with Gasteiger partial charge in [-0.25, -0.2) is 22.5 Å². The number of hydrogen-bond acceptors (Lipinski definition) is 3. The number of anilines is 1. The Morgan fingerprint density at radius 2 is 1.65 bits per heavy atom. The molecule has 0 amide bonds. The lowest BCUT2D eigenvalue weighted by molar-refractivity contribution is 0.0691. The number of carboxylic acid groups (broad SMARTS) is 1. The average Bonchev–Trinajstić information content (AvgIpc) is 3.62. The summed E-state index contributed by atoms with van der Waals surface area (Å²) in [6.07, 6.45) is 4.33. The first-order valence-corrected chi connectivity index (χ1v) is 12.6. The number of halogens is 3. The largest absolute Gasteiger partial charge is 0.478 e. The molecule has 2 aromatic rings. The SMILES string of the molecule is Cc1c(F)c(F)c(C(=O)O)c(-c2c3ccc(=[N+]4CCCC4)cc-3oc3cc(N4CCCC4)ccc23)c1F. The van der Waals surface area contributed by atoms with E-state index in [0.717, 1.165) is 69.8 Å². The van der Waals surface area contributed by atoms with Crippen molar-refractivity contribution >= 4 is 22.6 Å². The molecule has 0 aromatic heterocycles. The standard InChI is InChI=1S/C29H25F3N2O3/c1-16-26(30)24(25(29(35)36)28(32)27(16)31)23-19-8-6-17(33-10-2-3-11-33)14-21(19)37-22-15-18(7-9-20(22)23)34-12-4-5-13-34/h6-9,14-15H,2-5,10-13H2,1H3/p+1. The number of hydrogen-bond donors (Lipinski definition) is 1. The van der Waals surface area contributed by atoms with Gasteiger partial charge < -0.3 is 14.4 Å². The molecule has 8 heteroatoms. The lowest BCUT2D eigenvalue weighted by Gasteiger charge is -2.21. The topological polar surface area (TPSA) is 56.7 Å². The van der Waals surface area contributed by atoms with Gasteiger partial charge in [0.1, 0.15) is 35.8 Å². The molecular formula is C29H26F3N2O3+. The first-order chi connectivity index (χ1) is 17.8. The molecule has 6 rings (SSSR count). The van der Waals surface area contributed by atoms with Crippen molar-refractivity contribution in [3.63, 3.8) is 0 Å². The minimum absolute atomic E-state index is 0.175. The number of benzene rings is 3. The van der Waals surface area contributed by atoms with Crippen LogP contribution in [0, 0.1) is 24.4 Å². The molecule has 0 saturated carbocycles. The molecule has 190 valence electrons. The summed E-state index contributed by atoms with van der Waals surface area (Å²) in [5, 5.41) is 11.2. The van der Waals surface area contributed by atoms with Crippen molar-refractivity contribution in [3.05, 3.63) is 70.3 Å². The third-order valence-electron chi connectivity index (χ3n) is 7.64. The van der Waals surface area contributed by atoms with Crippen LogP contribution in [0.25, 0.3) is 33.4 Å². The summed E-state index contributed by atoms with van der Waals surface area (Å²) >= 11 is 0. The van der Waals surface area contributed by atoms with E-state index in [4.69, 9.17) is 4.42 Å². The number of carboxylic acids is 1. The van der Waals surface area contributed by atoms with Gasteiger partial charge in [-0.05, 0) is 38.0 Å². The van der Waals surface area contributed by atoms with Crippen LogP contribution in [0.5, 0.6) is 0 Å². The average molecular weight is 508 g/mol. The van der Waals surface area contributed by atoms with E-state index in [0.29, 0.717) is 22.3 Å². The zero-order chi connectivity index (χ0) is 25.8. The normalized spacial score (nSPS) is 15.9. The Morgan fingerprint density at radius 1 is 0.919 bits per heavy atom. The Labute approximate surface area is 211 Å². The molecular weight excluding hydrogens is 481 g/mol. The molecule has 0 spiro atoms. The van der Waals surface area contributed by atoms with Crippen LogP contribution in [0.4, 0.5) is 18.9 Å². The fourth-order valence-corrected chi connectivity index (χ4v) is 5.69. The van der Waals surface area contributed by atoms with E-state index < -0.39 is 40.1 Å². The van der Waals surface area contributed by atoms with Gasteiger partial charge in [-0.3, -0.25) is 0 Å². The molecule has 1 aliphatic carbocycles. The summed E-state index contributed by atoms with van der Waals surface area (Å²) in [6.45, 7) is 4.74. The molecule has 2 saturated heterocycles. The van der Waals surface area contributed by atoms with Crippen molar-refractivity contribution in [2.75, 3.05) is 31.1 Å². The van der Waals surface area contributed by atoms with E-state index in [-0.39, 0.29) is 5.56 Å². The van der Waals surface area contributed by atoms with Gasteiger partial charge >= 0.3 is 5.97 Å². The van der Waals surface area contributed by atoms with Crippen LogP contribution in [-0.2, 0) is 0 Å². The molecule has 0 unspecified atom stereocenters. The maximum absolute atomic E-state index is 15.7. The van der Waals surface area contributed by atoms with Gasteiger partial charge in [0.15, 0.2) is 11.6 Å². The minimum atomic E-state index is -1.74. The molecule has 1 N–H and O–H groups in total. The zero-order valence-corrected chi connectivity index (χ0v) is 20.4. The zero-order valence-electron chi connectivity index (χ0n) is 20.4. The molecule has 2 aromatic carbocycles. The van der Waals surface area contributed by atoms with E-state index in [1.165, 1.54) is 0 Å². The van der Waals surface area contributed by atoms with Crippen LogP contribution < -0.4 is 14.8 Å². The number of rotatable bonds is 3. The number of carbonyl (C=O) groups is 1. The molecule has 0 radical (unpaired) electrons. The van der Waals surface area contributed by atoms with Gasteiger partial charge in [0.2, 0.25) is 5.36 Å². The van der Waals surface area contributed by atoms with Crippen molar-refractivity contribution in [1.29, 1.82) is 0 Å². The quantitative estimate of drug-likeness (QED) is 0.217. The highest BCUT2D eigenvalue weighted by Crippen LogP contribution is 2.44. The summed E-state index contributed by atoms with van der Waals surface area (Å²) in [4.78, 5) is 14.4. The first-order valence-electron chi connectivity index (χ1n) is 12.6. The van der Waals surface area contributed by atoms with E-state index >= 15 is 8.78 Å². The second-order valence-electron chi connectivity index (χ2n) is 9.85. The maximum Gasteiger partial charge on any atom is 0.339 e. The molecule has 0 atom stereocenters. The van der Waals surface area contributed by atoms with Crippen molar-refractivity contribution in [1.82, 2.24) is 4.58 Å². The number of fused-ring (bicyclic) bond motifs is 2.